The molecule has 2 heterocycles. The van der Waals surface area contributed by atoms with E-state index in [1.807, 2.05) is 6.07 Å². The highest BCUT2D eigenvalue weighted by molar-refractivity contribution is 6.33. The number of amides is 2. The highest BCUT2D eigenvalue weighted by Crippen LogP contribution is 2.30. The second-order valence-corrected chi connectivity index (χ2v) is 7.26. The fourth-order valence-electron chi connectivity index (χ4n) is 3.39. The Kier molecular flexibility index (Phi) is 5.72. The summed E-state index contributed by atoms with van der Waals surface area (Å²) in [6, 6.07) is 14.3. The van der Waals surface area contributed by atoms with Crippen LogP contribution in [0.15, 0.2) is 65.3 Å². The SMILES string of the molecule is O=C(Nc1ccc(N2CCN(C(=O)c3ccco3)CC2)c(Cl)c1)c1ccccc1F. The molecule has 4 rings (SSSR count). The van der Waals surface area contributed by atoms with Crippen LogP contribution < -0.4 is 10.2 Å². The molecule has 1 aliphatic heterocycles. The summed E-state index contributed by atoms with van der Waals surface area (Å²) in [5.74, 6) is -0.921. The topological polar surface area (TPSA) is 65.8 Å². The quantitative estimate of drug-likeness (QED) is 0.674. The highest BCUT2D eigenvalue weighted by Gasteiger charge is 2.24. The average molecular weight is 428 g/mol. The zero-order valence-corrected chi connectivity index (χ0v) is 16.7. The molecule has 2 aromatic carbocycles. The number of halogens is 2. The molecule has 1 fully saturated rings. The predicted molar refractivity (Wildman–Crippen MR) is 113 cm³/mol. The van der Waals surface area contributed by atoms with Crippen molar-refractivity contribution in [2.24, 2.45) is 0 Å². The van der Waals surface area contributed by atoms with Gasteiger partial charge in [-0.1, -0.05) is 23.7 Å². The maximum absolute atomic E-state index is 13.8. The highest BCUT2D eigenvalue weighted by atomic mass is 35.5. The molecule has 0 aliphatic carbocycles. The predicted octanol–water partition coefficient (Wildman–Crippen LogP) is 4.29. The summed E-state index contributed by atoms with van der Waals surface area (Å²) in [5.41, 5.74) is 1.25. The van der Waals surface area contributed by atoms with Gasteiger partial charge >= 0.3 is 0 Å². The normalized spacial score (nSPS) is 13.9. The smallest absolute Gasteiger partial charge is 0.289 e. The molecule has 0 atom stereocenters. The fraction of sp³-hybridized carbons (Fsp3) is 0.182. The van der Waals surface area contributed by atoms with Crippen molar-refractivity contribution in [3.8, 4) is 0 Å². The lowest BCUT2D eigenvalue weighted by Gasteiger charge is -2.36. The van der Waals surface area contributed by atoms with Crippen molar-refractivity contribution < 1.29 is 18.4 Å². The van der Waals surface area contributed by atoms with Gasteiger partial charge in [0, 0.05) is 31.9 Å². The molecule has 1 saturated heterocycles. The number of anilines is 2. The van der Waals surface area contributed by atoms with E-state index in [0.717, 1.165) is 5.69 Å². The molecule has 2 amide bonds. The molecule has 0 unspecified atom stereocenters. The van der Waals surface area contributed by atoms with Gasteiger partial charge in [-0.05, 0) is 42.5 Å². The lowest BCUT2D eigenvalue weighted by atomic mass is 10.2. The van der Waals surface area contributed by atoms with E-state index in [1.165, 1.54) is 24.5 Å². The number of rotatable bonds is 4. The zero-order valence-electron chi connectivity index (χ0n) is 16.0. The maximum atomic E-state index is 13.8. The molecule has 0 bridgehead atoms. The summed E-state index contributed by atoms with van der Waals surface area (Å²) >= 11 is 6.44. The van der Waals surface area contributed by atoms with Crippen LogP contribution in [0.3, 0.4) is 0 Å². The van der Waals surface area contributed by atoms with Crippen molar-refractivity contribution in [3.05, 3.63) is 83.0 Å². The van der Waals surface area contributed by atoms with Gasteiger partial charge in [0.25, 0.3) is 11.8 Å². The van der Waals surface area contributed by atoms with Crippen LogP contribution in [0.5, 0.6) is 0 Å². The zero-order chi connectivity index (χ0) is 21.1. The van der Waals surface area contributed by atoms with Gasteiger partial charge in [-0.15, -0.1) is 0 Å². The van der Waals surface area contributed by atoms with Crippen LogP contribution in [0.2, 0.25) is 5.02 Å². The first-order chi connectivity index (χ1) is 14.5. The Bertz CT molecular complexity index is 1060. The number of furan rings is 1. The van der Waals surface area contributed by atoms with Crippen LogP contribution in [0.4, 0.5) is 15.8 Å². The first kappa shape index (κ1) is 20.0. The van der Waals surface area contributed by atoms with Crippen molar-refractivity contribution in [2.45, 2.75) is 0 Å². The average Bonchev–Trinajstić information content (AvgIpc) is 3.29. The first-order valence-corrected chi connectivity index (χ1v) is 9.84. The second kappa shape index (κ2) is 8.59. The van der Waals surface area contributed by atoms with E-state index in [4.69, 9.17) is 16.0 Å². The molecule has 6 nitrogen and oxygen atoms in total. The lowest BCUT2D eigenvalue weighted by molar-refractivity contribution is 0.0714. The molecule has 1 aromatic heterocycles. The minimum absolute atomic E-state index is 0.0324. The van der Waals surface area contributed by atoms with E-state index < -0.39 is 11.7 Å². The molecule has 8 heteroatoms. The van der Waals surface area contributed by atoms with Crippen molar-refractivity contribution in [3.63, 3.8) is 0 Å². The number of carbonyl (C=O) groups excluding carboxylic acids is 2. The number of benzene rings is 2. The molecule has 0 spiro atoms. The summed E-state index contributed by atoms with van der Waals surface area (Å²) in [4.78, 5) is 28.5. The molecule has 1 aliphatic rings. The Hall–Kier alpha value is -3.32. The van der Waals surface area contributed by atoms with Crippen molar-refractivity contribution in [1.29, 1.82) is 0 Å². The third kappa shape index (κ3) is 4.16. The molecule has 3 aromatic rings. The van der Waals surface area contributed by atoms with Crippen molar-refractivity contribution in [2.75, 3.05) is 36.4 Å². The van der Waals surface area contributed by atoms with E-state index >= 15 is 0 Å². The Morgan fingerprint density at radius 2 is 1.77 bits per heavy atom. The number of piperazine rings is 1. The van der Waals surface area contributed by atoms with Gasteiger partial charge in [0.2, 0.25) is 0 Å². The van der Waals surface area contributed by atoms with Gasteiger partial charge < -0.3 is 19.5 Å². The number of hydrogen-bond donors (Lipinski definition) is 1. The first-order valence-electron chi connectivity index (χ1n) is 9.46. The van der Waals surface area contributed by atoms with Crippen LogP contribution in [0.1, 0.15) is 20.9 Å². The van der Waals surface area contributed by atoms with Gasteiger partial charge in [0.15, 0.2) is 5.76 Å². The van der Waals surface area contributed by atoms with E-state index in [2.05, 4.69) is 10.2 Å². The summed E-state index contributed by atoms with van der Waals surface area (Å²) in [6.07, 6.45) is 1.48. The molecule has 1 N–H and O–H groups in total. The lowest BCUT2D eigenvalue weighted by Crippen LogP contribution is -2.48. The van der Waals surface area contributed by atoms with E-state index in [-0.39, 0.29) is 11.5 Å². The van der Waals surface area contributed by atoms with Gasteiger partial charge in [-0.2, -0.15) is 0 Å². The standard InChI is InChI=1S/C22H19ClFN3O3/c23-17-14-15(25-21(28)16-4-1-2-5-18(16)24)7-8-19(17)26-9-11-27(12-10-26)22(29)20-6-3-13-30-20/h1-8,13-14H,9-12H2,(H,25,28). The van der Waals surface area contributed by atoms with Gasteiger partial charge in [-0.3, -0.25) is 9.59 Å². The third-order valence-corrected chi connectivity index (χ3v) is 5.27. The van der Waals surface area contributed by atoms with Gasteiger partial charge in [-0.25, -0.2) is 4.39 Å². The van der Waals surface area contributed by atoms with Crippen LogP contribution in [-0.2, 0) is 0 Å². The van der Waals surface area contributed by atoms with E-state index in [0.29, 0.717) is 42.6 Å². The summed E-state index contributed by atoms with van der Waals surface area (Å²) < 4.78 is 19.0. The van der Waals surface area contributed by atoms with E-state index in [9.17, 15) is 14.0 Å². The summed E-state index contributed by atoms with van der Waals surface area (Å²) in [5, 5.41) is 3.13. The van der Waals surface area contributed by atoms with Crippen molar-refractivity contribution >= 4 is 34.8 Å². The minimum atomic E-state index is -0.584. The molecule has 0 radical (unpaired) electrons. The van der Waals surface area contributed by atoms with Crippen LogP contribution >= 0.6 is 11.6 Å². The summed E-state index contributed by atoms with van der Waals surface area (Å²) in [7, 11) is 0. The van der Waals surface area contributed by atoms with Gasteiger partial charge in [0.1, 0.15) is 5.82 Å². The Morgan fingerprint density at radius 1 is 1.00 bits per heavy atom. The Morgan fingerprint density at radius 3 is 2.43 bits per heavy atom. The molecular formula is C22H19ClFN3O3. The second-order valence-electron chi connectivity index (χ2n) is 6.86. The number of nitrogens with one attached hydrogen (secondary N) is 1. The molecule has 30 heavy (non-hydrogen) atoms. The van der Waals surface area contributed by atoms with E-state index in [1.54, 1.807) is 35.2 Å². The Balaban J connectivity index is 1.40. The largest absolute Gasteiger partial charge is 0.459 e. The Labute approximate surface area is 177 Å². The van der Waals surface area contributed by atoms with Crippen LogP contribution in [0, 0.1) is 5.82 Å². The number of nitrogens with zero attached hydrogens (tertiary/aromatic N) is 2. The molecule has 0 saturated carbocycles. The monoisotopic (exact) mass is 427 g/mol. The summed E-state index contributed by atoms with van der Waals surface area (Å²) in [6.45, 7) is 2.32. The minimum Gasteiger partial charge on any atom is -0.459 e. The third-order valence-electron chi connectivity index (χ3n) is 4.96. The molecular weight excluding hydrogens is 409 g/mol. The molecule has 154 valence electrons. The van der Waals surface area contributed by atoms with Crippen LogP contribution in [-0.4, -0.2) is 42.9 Å². The van der Waals surface area contributed by atoms with Gasteiger partial charge in [0.05, 0.1) is 22.5 Å². The number of carbonyl (C=O) groups is 2. The van der Waals surface area contributed by atoms with Crippen LogP contribution in [0.25, 0.3) is 0 Å². The maximum Gasteiger partial charge on any atom is 0.289 e. The number of hydrogen-bond acceptors (Lipinski definition) is 4. The van der Waals surface area contributed by atoms with Crippen molar-refractivity contribution in [1.82, 2.24) is 4.90 Å². The fourth-order valence-corrected chi connectivity index (χ4v) is 3.69.